The van der Waals surface area contributed by atoms with Gasteiger partial charge in [-0.2, -0.15) is 0 Å². The van der Waals surface area contributed by atoms with E-state index in [4.69, 9.17) is 4.98 Å². The minimum atomic E-state index is -0.232. The van der Waals surface area contributed by atoms with Crippen molar-refractivity contribution in [1.29, 1.82) is 0 Å². The first kappa shape index (κ1) is 18.7. The van der Waals surface area contributed by atoms with E-state index in [1.54, 1.807) is 6.98 Å². The number of fused-ring (bicyclic) bond motifs is 2. The molecule has 2 aromatic heterocycles. The van der Waals surface area contributed by atoms with Crippen LogP contribution in [-0.2, 0) is 5.41 Å². The Labute approximate surface area is 172 Å². The van der Waals surface area contributed by atoms with Crippen LogP contribution in [0.25, 0.3) is 30.9 Å². The molecule has 0 spiro atoms. The molecule has 2 heterocycles. The third kappa shape index (κ3) is 3.35. The molecular weight excluding hydrogens is 442 g/mol. The molecule has 0 amide bonds. The number of pyridine rings is 1. The molecule has 0 N–H and O–H groups in total. The fourth-order valence-electron chi connectivity index (χ4n) is 4.17. The van der Waals surface area contributed by atoms with Gasteiger partial charge in [-0.1, -0.05) is 0 Å². The molecule has 2 heteroatoms. The summed E-state index contributed by atoms with van der Waals surface area (Å²) in [6, 6.07) is 14.0. The van der Waals surface area contributed by atoms with Crippen molar-refractivity contribution in [2.45, 2.75) is 53.9 Å². The Kier molecular flexibility index (Phi) is 4.49. The van der Waals surface area contributed by atoms with Crippen LogP contribution in [-0.4, -0.2) is 25.4 Å². The molecule has 0 unspecified atom stereocenters. The van der Waals surface area contributed by atoms with E-state index < -0.39 is 0 Å². The van der Waals surface area contributed by atoms with Crippen LogP contribution in [0.3, 0.4) is 0 Å². The van der Waals surface area contributed by atoms with Crippen LogP contribution in [0.15, 0.2) is 36.4 Å². The van der Waals surface area contributed by atoms with E-state index in [0.717, 1.165) is 11.2 Å². The van der Waals surface area contributed by atoms with Gasteiger partial charge in [0, 0.05) is 0 Å². The SMILES string of the molecule is Cc1cc(C)c2c(C)cc(-c3cc(C(C)(C)C)c4cc(C)[te]c4c3)nc2c1. The molecule has 1 nitrogen and oxygen atoms in total. The molecule has 4 aromatic rings. The Morgan fingerprint density at radius 1 is 0.815 bits per heavy atom. The summed E-state index contributed by atoms with van der Waals surface area (Å²) in [6.07, 6.45) is 0. The van der Waals surface area contributed by atoms with Crippen molar-refractivity contribution in [3.05, 3.63) is 62.2 Å². The van der Waals surface area contributed by atoms with Gasteiger partial charge in [-0.15, -0.1) is 0 Å². The molecule has 0 bridgehead atoms. The Morgan fingerprint density at radius 3 is 2.22 bits per heavy atom. The first-order chi connectivity index (χ1) is 12.6. The van der Waals surface area contributed by atoms with Gasteiger partial charge < -0.3 is 0 Å². The van der Waals surface area contributed by atoms with Crippen LogP contribution in [0.4, 0.5) is 0 Å². The number of rotatable bonds is 1. The maximum absolute atomic E-state index is 5.09. The van der Waals surface area contributed by atoms with E-state index >= 15 is 0 Å². The van der Waals surface area contributed by atoms with Crippen molar-refractivity contribution in [2.75, 3.05) is 0 Å². The van der Waals surface area contributed by atoms with E-state index in [1.807, 2.05) is 0 Å². The third-order valence-corrected chi connectivity index (χ3v) is 8.16. The van der Waals surface area contributed by atoms with Gasteiger partial charge in [0.25, 0.3) is 0 Å². The molecule has 0 fully saturated rings. The van der Waals surface area contributed by atoms with Gasteiger partial charge >= 0.3 is 172 Å². The number of hydrogen-bond donors (Lipinski definition) is 0. The third-order valence-electron chi connectivity index (χ3n) is 5.31. The van der Waals surface area contributed by atoms with Gasteiger partial charge in [-0.05, 0) is 0 Å². The summed E-state index contributed by atoms with van der Waals surface area (Å²) in [5, 5.41) is 2.78. The van der Waals surface area contributed by atoms with Gasteiger partial charge in [-0.3, -0.25) is 0 Å². The summed E-state index contributed by atoms with van der Waals surface area (Å²) < 4.78 is 3.15. The summed E-state index contributed by atoms with van der Waals surface area (Å²) >= 11 is -0.232. The number of hydrogen-bond acceptors (Lipinski definition) is 1. The molecule has 2 aromatic carbocycles. The quantitative estimate of drug-likeness (QED) is 0.285. The van der Waals surface area contributed by atoms with Gasteiger partial charge in [0.05, 0.1) is 0 Å². The molecule has 0 aliphatic heterocycles. The second-order valence-electron chi connectivity index (χ2n) is 8.84. The molecule has 0 radical (unpaired) electrons. The molecule has 138 valence electrons. The van der Waals surface area contributed by atoms with Crippen LogP contribution in [0.1, 0.15) is 46.6 Å². The van der Waals surface area contributed by atoms with Crippen molar-refractivity contribution in [2.24, 2.45) is 0 Å². The second-order valence-corrected chi connectivity index (χ2v) is 12.5. The standard InChI is InChI=1S/C25H27NTe/c1-14-8-15(2)24-16(3)10-21(26-22(24)9-14)18-12-20(25(5,6)7)19-11-17(4)27-23(19)13-18/h8-13H,1-7H3. The number of aryl methyl sites for hydroxylation is 4. The first-order valence-corrected chi connectivity index (χ1v) is 11.9. The Hall–Kier alpha value is -1.62. The predicted octanol–water partition coefficient (Wildman–Crippen LogP) is 6.64. The molecule has 0 saturated heterocycles. The summed E-state index contributed by atoms with van der Waals surface area (Å²) in [6.45, 7) is 15.8. The zero-order valence-corrected chi connectivity index (χ0v) is 19.6. The van der Waals surface area contributed by atoms with Gasteiger partial charge in [0.2, 0.25) is 0 Å². The summed E-state index contributed by atoms with van der Waals surface area (Å²) in [7, 11) is 0. The average Bonchev–Trinajstić information content (AvgIpc) is 2.91. The fraction of sp³-hybridized carbons (Fsp3) is 0.320. The van der Waals surface area contributed by atoms with Crippen molar-refractivity contribution in [3.8, 4) is 11.3 Å². The van der Waals surface area contributed by atoms with Crippen LogP contribution in [0, 0.1) is 27.7 Å². The summed E-state index contributed by atoms with van der Waals surface area (Å²) in [4.78, 5) is 5.09. The van der Waals surface area contributed by atoms with Crippen molar-refractivity contribution in [3.63, 3.8) is 0 Å². The van der Waals surface area contributed by atoms with Crippen LogP contribution >= 0.6 is 0 Å². The van der Waals surface area contributed by atoms with E-state index in [2.05, 4.69) is 84.9 Å². The Balaban J connectivity index is 2.02. The number of aromatic nitrogens is 1. The Bertz CT molecular complexity index is 1190. The van der Waals surface area contributed by atoms with E-state index in [9.17, 15) is 0 Å². The maximum atomic E-state index is 5.09. The number of benzene rings is 2. The van der Waals surface area contributed by atoms with Crippen LogP contribution in [0.2, 0.25) is 0 Å². The van der Waals surface area contributed by atoms with Crippen LogP contribution < -0.4 is 0 Å². The number of nitrogens with zero attached hydrogens (tertiary/aromatic N) is 1. The monoisotopic (exact) mass is 471 g/mol. The second kappa shape index (κ2) is 6.47. The zero-order chi connectivity index (χ0) is 19.5. The molecule has 4 rings (SSSR count). The summed E-state index contributed by atoms with van der Waals surface area (Å²) in [5.74, 6) is 0. The average molecular weight is 469 g/mol. The van der Waals surface area contributed by atoms with E-state index in [-0.39, 0.29) is 25.8 Å². The van der Waals surface area contributed by atoms with E-state index in [0.29, 0.717) is 0 Å². The topological polar surface area (TPSA) is 12.9 Å². The van der Waals surface area contributed by atoms with Gasteiger partial charge in [0.15, 0.2) is 0 Å². The van der Waals surface area contributed by atoms with Crippen LogP contribution in [0.5, 0.6) is 0 Å². The van der Waals surface area contributed by atoms with Gasteiger partial charge in [0.1, 0.15) is 0 Å². The van der Waals surface area contributed by atoms with Crippen molar-refractivity contribution < 1.29 is 0 Å². The summed E-state index contributed by atoms with van der Waals surface area (Å²) in [5.41, 5.74) is 9.00. The zero-order valence-electron chi connectivity index (χ0n) is 17.3. The Morgan fingerprint density at radius 2 is 1.52 bits per heavy atom. The normalized spacial score (nSPS) is 12.3. The molecule has 0 aliphatic carbocycles. The first-order valence-electron chi connectivity index (χ1n) is 9.57. The van der Waals surface area contributed by atoms with Crippen molar-refractivity contribution >= 4 is 40.1 Å². The van der Waals surface area contributed by atoms with Crippen molar-refractivity contribution in [1.82, 2.24) is 4.98 Å². The fourth-order valence-corrected chi connectivity index (χ4v) is 6.99. The van der Waals surface area contributed by atoms with E-state index in [1.165, 1.54) is 38.6 Å². The molecule has 0 saturated carbocycles. The van der Waals surface area contributed by atoms with Gasteiger partial charge in [-0.25, -0.2) is 0 Å². The molecule has 27 heavy (non-hydrogen) atoms. The molecule has 0 atom stereocenters. The minimum absolute atomic E-state index is 0.132. The molecule has 0 aliphatic rings. The predicted molar refractivity (Wildman–Crippen MR) is 119 cm³/mol. The molecular formula is C25H27NTe.